The molecule has 0 aliphatic rings. The second-order valence-corrected chi connectivity index (χ2v) is 3.89. The Morgan fingerprint density at radius 2 is 2.25 bits per heavy atom. The lowest BCUT2D eigenvalue weighted by Gasteiger charge is -2.09. The molecule has 104 valence electrons. The normalized spacial score (nSPS) is 10.1. The van der Waals surface area contributed by atoms with Gasteiger partial charge in [0.2, 0.25) is 5.88 Å². The van der Waals surface area contributed by atoms with E-state index in [4.69, 9.17) is 4.74 Å². The van der Waals surface area contributed by atoms with Gasteiger partial charge < -0.3 is 10.1 Å². The Morgan fingerprint density at radius 3 is 2.95 bits per heavy atom. The highest BCUT2D eigenvalue weighted by Gasteiger charge is 2.09. The number of aromatic nitrogens is 3. The van der Waals surface area contributed by atoms with Gasteiger partial charge in [0, 0.05) is 24.4 Å². The summed E-state index contributed by atoms with van der Waals surface area (Å²) in [7, 11) is 0. The van der Waals surface area contributed by atoms with Crippen molar-refractivity contribution in [2.75, 3.05) is 6.61 Å². The van der Waals surface area contributed by atoms with E-state index in [1.165, 1.54) is 12.1 Å². The summed E-state index contributed by atoms with van der Waals surface area (Å²) in [5, 5.41) is 8.55. The van der Waals surface area contributed by atoms with Crippen LogP contribution >= 0.6 is 0 Å². The highest BCUT2D eigenvalue weighted by molar-refractivity contribution is 5.91. The second kappa shape index (κ2) is 6.46. The van der Waals surface area contributed by atoms with Crippen LogP contribution in [0.3, 0.4) is 0 Å². The van der Waals surface area contributed by atoms with Gasteiger partial charge in [0.25, 0.3) is 11.5 Å². The van der Waals surface area contributed by atoms with Gasteiger partial charge in [-0.15, -0.1) is 0 Å². The first-order valence-electron chi connectivity index (χ1n) is 6.11. The van der Waals surface area contributed by atoms with Crippen molar-refractivity contribution in [1.29, 1.82) is 0 Å². The molecule has 0 aliphatic heterocycles. The van der Waals surface area contributed by atoms with E-state index < -0.39 is 0 Å². The topological polar surface area (TPSA) is 97.0 Å². The first kappa shape index (κ1) is 13.7. The predicted molar refractivity (Wildman–Crippen MR) is 71.4 cm³/mol. The number of ether oxygens (including phenoxy) is 1. The standard InChI is InChI=1S/C13H14N4O3/c1-2-20-13-9(4-3-7-14-13)8-15-12(19)10-5-6-11(18)17-16-10/h3-7H,2,8H2,1H3,(H,15,19)(H,17,18). The first-order chi connectivity index (χ1) is 9.70. The summed E-state index contributed by atoms with van der Waals surface area (Å²) in [5.41, 5.74) is 0.561. The van der Waals surface area contributed by atoms with Crippen LogP contribution in [0.1, 0.15) is 23.0 Å². The van der Waals surface area contributed by atoms with E-state index in [-0.39, 0.29) is 23.7 Å². The summed E-state index contributed by atoms with van der Waals surface area (Å²) in [4.78, 5) is 26.8. The van der Waals surface area contributed by atoms with E-state index >= 15 is 0 Å². The van der Waals surface area contributed by atoms with Crippen molar-refractivity contribution in [3.05, 3.63) is 52.1 Å². The molecular weight excluding hydrogens is 260 g/mol. The van der Waals surface area contributed by atoms with Crippen molar-refractivity contribution in [1.82, 2.24) is 20.5 Å². The van der Waals surface area contributed by atoms with Crippen LogP contribution in [0.25, 0.3) is 0 Å². The van der Waals surface area contributed by atoms with Crippen molar-refractivity contribution < 1.29 is 9.53 Å². The summed E-state index contributed by atoms with van der Waals surface area (Å²) in [6.45, 7) is 2.63. The minimum atomic E-state index is -0.382. The molecule has 0 saturated carbocycles. The molecule has 2 heterocycles. The summed E-state index contributed by atoms with van der Waals surface area (Å²) in [5.74, 6) is 0.109. The van der Waals surface area contributed by atoms with E-state index in [0.29, 0.717) is 12.5 Å². The van der Waals surface area contributed by atoms with Gasteiger partial charge in [0.15, 0.2) is 0 Å². The molecule has 0 aromatic carbocycles. The van der Waals surface area contributed by atoms with Gasteiger partial charge in [-0.05, 0) is 19.1 Å². The summed E-state index contributed by atoms with van der Waals surface area (Å²) in [6.07, 6.45) is 1.62. The Morgan fingerprint density at radius 1 is 1.40 bits per heavy atom. The van der Waals surface area contributed by atoms with Crippen LogP contribution in [-0.4, -0.2) is 27.7 Å². The third-order valence-corrected chi connectivity index (χ3v) is 2.48. The number of rotatable bonds is 5. The van der Waals surface area contributed by atoms with E-state index in [9.17, 15) is 9.59 Å². The van der Waals surface area contributed by atoms with E-state index in [1.54, 1.807) is 12.3 Å². The van der Waals surface area contributed by atoms with Gasteiger partial charge in [-0.3, -0.25) is 9.59 Å². The summed E-state index contributed by atoms with van der Waals surface area (Å²) < 4.78 is 5.37. The van der Waals surface area contributed by atoms with Gasteiger partial charge in [-0.2, -0.15) is 5.10 Å². The maximum absolute atomic E-state index is 11.8. The lowest BCUT2D eigenvalue weighted by Crippen LogP contribution is -2.25. The zero-order valence-electron chi connectivity index (χ0n) is 10.9. The molecule has 20 heavy (non-hydrogen) atoms. The summed E-state index contributed by atoms with van der Waals surface area (Å²) >= 11 is 0. The fraction of sp³-hybridized carbons (Fsp3) is 0.231. The smallest absolute Gasteiger partial charge is 0.271 e. The van der Waals surface area contributed by atoms with Gasteiger partial charge in [0.1, 0.15) is 5.69 Å². The van der Waals surface area contributed by atoms with Crippen LogP contribution in [0.15, 0.2) is 35.3 Å². The van der Waals surface area contributed by atoms with Crippen LogP contribution in [0.4, 0.5) is 0 Å². The fourth-order valence-corrected chi connectivity index (χ4v) is 1.56. The third-order valence-electron chi connectivity index (χ3n) is 2.48. The Balaban J connectivity index is 2.03. The average Bonchev–Trinajstić information content (AvgIpc) is 2.47. The molecule has 2 aromatic heterocycles. The maximum Gasteiger partial charge on any atom is 0.271 e. The number of carbonyl (C=O) groups excluding carboxylic acids is 1. The molecule has 2 rings (SSSR count). The van der Waals surface area contributed by atoms with Crippen molar-refractivity contribution >= 4 is 5.91 Å². The maximum atomic E-state index is 11.8. The lowest BCUT2D eigenvalue weighted by molar-refractivity contribution is 0.0944. The van der Waals surface area contributed by atoms with Crippen molar-refractivity contribution in [2.45, 2.75) is 13.5 Å². The molecule has 0 saturated heterocycles. The number of H-pyrrole nitrogens is 1. The summed E-state index contributed by atoms with van der Waals surface area (Å²) in [6, 6.07) is 6.19. The average molecular weight is 274 g/mol. The minimum absolute atomic E-state index is 0.145. The zero-order chi connectivity index (χ0) is 14.4. The molecule has 0 spiro atoms. The number of hydrogen-bond donors (Lipinski definition) is 2. The number of hydrogen-bond acceptors (Lipinski definition) is 5. The molecule has 2 N–H and O–H groups in total. The van der Waals surface area contributed by atoms with Crippen LogP contribution in [0.2, 0.25) is 0 Å². The molecule has 7 heteroatoms. The van der Waals surface area contributed by atoms with Gasteiger partial charge in [-0.1, -0.05) is 6.07 Å². The molecule has 0 atom stereocenters. The molecule has 0 fully saturated rings. The molecule has 1 amide bonds. The van der Waals surface area contributed by atoms with Gasteiger partial charge in [-0.25, -0.2) is 10.1 Å². The second-order valence-electron chi connectivity index (χ2n) is 3.89. The van der Waals surface area contributed by atoms with E-state index in [2.05, 4.69) is 20.5 Å². The number of nitrogens with one attached hydrogen (secondary N) is 2. The van der Waals surface area contributed by atoms with Gasteiger partial charge >= 0.3 is 0 Å². The van der Waals surface area contributed by atoms with Crippen molar-refractivity contribution in [3.63, 3.8) is 0 Å². The monoisotopic (exact) mass is 274 g/mol. The SMILES string of the molecule is CCOc1ncccc1CNC(=O)c1ccc(=O)[nH]n1. The Labute approximate surface area is 115 Å². The van der Waals surface area contributed by atoms with Crippen LogP contribution in [0, 0.1) is 0 Å². The Bertz CT molecular complexity index is 634. The van der Waals surface area contributed by atoms with Crippen molar-refractivity contribution in [3.8, 4) is 5.88 Å². The van der Waals surface area contributed by atoms with Crippen molar-refractivity contribution in [2.24, 2.45) is 0 Å². The van der Waals surface area contributed by atoms with Crippen LogP contribution < -0.4 is 15.6 Å². The number of amides is 1. The number of nitrogens with zero attached hydrogens (tertiary/aromatic N) is 2. The van der Waals surface area contributed by atoms with E-state index in [1.807, 2.05) is 13.0 Å². The fourth-order valence-electron chi connectivity index (χ4n) is 1.56. The highest BCUT2D eigenvalue weighted by atomic mass is 16.5. The van der Waals surface area contributed by atoms with Gasteiger partial charge in [0.05, 0.1) is 6.61 Å². The quantitative estimate of drug-likeness (QED) is 0.827. The first-order valence-corrected chi connectivity index (χ1v) is 6.11. The zero-order valence-corrected chi connectivity index (χ0v) is 10.9. The van der Waals surface area contributed by atoms with E-state index in [0.717, 1.165) is 5.56 Å². The number of carbonyl (C=O) groups is 1. The number of pyridine rings is 1. The Kier molecular flexibility index (Phi) is 4.43. The predicted octanol–water partition coefficient (Wildman–Crippen LogP) is 0.494. The van der Waals surface area contributed by atoms with Crippen LogP contribution in [0.5, 0.6) is 5.88 Å². The van der Waals surface area contributed by atoms with Crippen LogP contribution in [-0.2, 0) is 6.54 Å². The molecule has 0 unspecified atom stereocenters. The third kappa shape index (κ3) is 3.41. The molecule has 2 aromatic rings. The molecule has 0 bridgehead atoms. The molecule has 7 nitrogen and oxygen atoms in total. The minimum Gasteiger partial charge on any atom is -0.478 e. The molecule has 0 aliphatic carbocycles. The molecule has 0 radical (unpaired) electrons. The highest BCUT2D eigenvalue weighted by Crippen LogP contribution is 2.13. The Hall–Kier alpha value is -2.70. The lowest BCUT2D eigenvalue weighted by atomic mass is 10.2. The molecular formula is C13H14N4O3. The largest absolute Gasteiger partial charge is 0.478 e. The number of aromatic amines is 1.